The van der Waals surface area contributed by atoms with E-state index in [4.69, 9.17) is 0 Å². The molecule has 0 spiro atoms. The molecular formula is C16H29N5O. The standard InChI is InChI=1S/C16H29N5O/c1-16(2,12-20(3)4)11-18-15(22)14-7-9-21(19-14)13-6-5-8-17-10-13/h7,9,13,17H,5-6,8,10-12H2,1-4H3,(H,18,22). The molecule has 1 aliphatic heterocycles. The molecule has 2 heterocycles. The van der Waals surface area contributed by atoms with Gasteiger partial charge in [0.05, 0.1) is 6.04 Å². The van der Waals surface area contributed by atoms with E-state index in [1.807, 2.05) is 31.0 Å². The predicted octanol–water partition coefficient (Wildman–Crippen LogP) is 1.13. The van der Waals surface area contributed by atoms with E-state index in [0.717, 1.165) is 32.5 Å². The second-order valence-corrected chi connectivity index (χ2v) is 7.27. The van der Waals surface area contributed by atoms with Crippen molar-refractivity contribution in [3.63, 3.8) is 0 Å². The van der Waals surface area contributed by atoms with Crippen LogP contribution in [-0.4, -0.2) is 60.9 Å². The molecule has 2 N–H and O–H groups in total. The first-order valence-corrected chi connectivity index (χ1v) is 8.06. The molecular weight excluding hydrogens is 278 g/mol. The number of aromatic nitrogens is 2. The van der Waals surface area contributed by atoms with E-state index in [1.54, 1.807) is 0 Å². The highest BCUT2D eigenvalue weighted by Crippen LogP contribution is 2.16. The van der Waals surface area contributed by atoms with Crippen LogP contribution in [0.5, 0.6) is 0 Å². The summed E-state index contributed by atoms with van der Waals surface area (Å²) in [6, 6.07) is 2.17. The van der Waals surface area contributed by atoms with Gasteiger partial charge in [-0.15, -0.1) is 0 Å². The topological polar surface area (TPSA) is 62.2 Å². The smallest absolute Gasteiger partial charge is 0.271 e. The van der Waals surface area contributed by atoms with Crippen LogP contribution in [0.1, 0.15) is 43.2 Å². The molecule has 0 aliphatic carbocycles. The number of nitrogens with one attached hydrogen (secondary N) is 2. The molecule has 0 aromatic carbocycles. The molecule has 124 valence electrons. The van der Waals surface area contributed by atoms with Crippen molar-refractivity contribution in [1.29, 1.82) is 0 Å². The lowest BCUT2D eigenvalue weighted by atomic mass is 9.93. The fourth-order valence-corrected chi connectivity index (χ4v) is 3.04. The Morgan fingerprint density at radius 3 is 2.95 bits per heavy atom. The Labute approximate surface area is 133 Å². The lowest BCUT2D eigenvalue weighted by Crippen LogP contribution is -2.40. The number of hydrogen-bond acceptors (Lipinski definition) is 4. The van der Waals surface area contributed by atoms with Crippen LogP contribution >= 0.6 is 0 Å². The molecule has 2 rings (SSSR count). The summed E-state index contributed by atoms with van der Waals surface area (Å²) in [4.78, 5) is 14.4. The number of nitrogens with zero attached hydrogens (tertiary/aromatic N) is 3. The first kappa shape index (κ1) is 17.0. The van der Waals surface area contributed by atoms with Gasteiger partial charge in [-0.1, -0.05) is 13.8 Å². The maximum atomic E-state index is 12.3. The fraction of sp³-hybridized carbons (Fsp3) is 0.750. The predicted molar refractivity (Wildman–Crippen MR) is 88.0 cm³/mol. The largest absolute Gasteiger partial charge is 0.350 e. The summed E-state index contributed by atoms with van der Waals surface area (Å²) in [6.07, 6.45) is 4.19. The average Bonchev–Trinajstić information content (AvgIpc) is 2.94. The number of piperidine rings is 1. The normalized spacial score (nSPS) is 19.4. The third-order valence-electron chi connectivity index (χ3n) is 3.96. The lowest BCUT2D eigenvalue weighted by Gasteiger charge is -2.28. The van der Waals surface area contributed by atoms with Gasteiger partial charge in [-0.25, -0.2) is 0 Å². The van der Waals surface area contributed by atoms with Gasteiger partial charge in [-0.2, -0.15) is 5.10 Å². The van der Waals surface area contributed by atoms with Gasteiger partial charge in [0, 0.05) is 25.8 Å². The molecule has 0 bridgehead atoms. The van der Waals surface area contributed by atoms with Crippen LogP contribution < -0.4 is 10.6 Å². The van der Waals surface area contributed by atoms with Crippen LogP contribution in [0.25, 0.3) is 0 Å². The van der Waals surface area contributed by atoms with Crippen molar-refractivity contribution in [2.75, 3.05) is 40.3 Å². The van der Waals surface area contributed by atoms with Crippen LogP contribution in [0.15, 0.2) is 12.3 Å². The Kier molecular flexibility index (Phi) is 5.58. The van der Waals surface area contributed by atoms with Crippen molar-refractivity contribution in [1.82, 2.24) is 25.3 Å². The lowest BCUT2D eigenvalue weighted by molar-refractivity contribution is 0.0923. The van der Waals surface area contributed by atoms with E-state index in [2.05, 4.69) is 34.5 Å². The molecule has 1 atom stereocenters. The molecule has 0 radical (unpaired) electrons. The third kappa shape index (κ3) is 4.81. The highest BCUT2D eigenvalue weighted by Gasteiger charge is 2.22. The first-order chi connectivity index (χ1) is 10.4. The maximum absolute atomic E-state index is 12.3. The van der Waals surface area contributed by atoms with Gasteiger partial charge in [0.1, 0.15) is 5.69 Å². The summed E-state index contributed by atoms with van der Waals surface area (Å²) in [7, 11) is 4.09. The van der Waals surface area contributed by atoms with E-state index < -0.39 is 0 Å². The van der Waals surface area contributed by atoms with Crippen LogP contribution in [0.4, 0.5) is 0 Å². The highest BCUT2D eigenvalue weighted by atomic mass is 16.1. The van der Waals surface area contributed by atoms with Gasteiger partial charge in [0.15, 0.2) is 0 Å². The molecule has 0 saturated carbocycles. The Hall–Kier alpha value is -1.40. The third-order valence-corrected chi connectivity index (χ3v) is 3.96. The summed E-state index contributed by atoms with van der Waals surface area (Å²) >= 11 is 0. The van der Waals surface area contributed by atoms with E-state index >= 15 is 0 Å². The zero-order chi connectivity index (χ0) is 16.2. The van der Waals surface area contributed by atoms with E-state index in [0.29, 0.717) is 18.3 Å². The Morgan fingerprint density at radius 2 is 2.32 bits per heavy atom. The van der Waals surface area contributed by atoms with Gasteiger partial charge in [0.25, 0.3) is 5.91 Å². The van der Waals surface area contributed by atoms with Crippen LogP contribution in [0.2, 0.25) is 0 Å². The molecule has 1 saturated heterocycles. The molecule has 1 aromatic rings. The zero-order valence-corrected chi connectivity index (χ0v) is 14.2. The summed E-state index contributed by atoms with van der Waals surface area (Å²) in [5.74, 6) is -0.0886. The second kappa shape index (κ2) is 7.24. The van der Waals surface area contributed by atoms with Crippen molar-refractivity contribution in [2.24, 2.45) is 5.41 Å². The fourth-order valence-electron chi connectivity index (χ4n) is 3.04. The van der Waals surface area contributed by atoms with Gasteiger partial charge in [-0.3, -0.25) is 9.48 Å². The van der Waals surface area contributed by atoms with Gasteiger partial charge in [0.2, 0.25) is 0 Å². The minimum atomic E-state index is -0.0886. The van der Waals surface area contributed by atoms with Crippen molar-refractivity contribution in [2.45, 2.75) is 32.7 Å². The number of carbonyl (C=O) groups excluding carboxylic acids is 1. The van der Waals surface area contributed by atoms with Crippen molar-refractivity contribution in [3.05, 3.63) is 18.0 Å². The Bertz CT molecular complexity index is 488. The van der Waals surface area contributed by atoms with E-state index in [9.17, 15) is 4.79 Å². The number of carbonyl (C=O) groups is 1. The SMILES string of the molecule is CN(C)CC(C)(C)CNC(=O)c1ccn(C2CCCNC2)n1. The quantitative estimate of drug-likeness (QED) is 0.827. The van der Waals surface area contributed by atoms with Gasteiger partial charge >= 0.3 is 0 Å². The Balaban J connectivity index is 1.89. The second-order valence-electron chi connectivity index (χ2n) is 7.27. The Morgan fingerprint density at radius 1 is 1.55 bits per heavy atom. The van der Waals surface area contributed by atoms with Crippen LogP contribution in [-0.2, 0) is 0 Å². The maximum Gasteiger partial charge on any atom is 0.271 e. The summed E-state index contributed by atoms with van der Waals surface area (Å²) in [5, 5.41) is 10.8. The number of hydrogen-bond donors (Lipinski definition) is 2. The first-order valence-electron chi connectivity index (χ1n) is 8.06. The van der Waals surface area contributed by atoms with Crippen molar-refractivity contribution >= 4 is 5.91 Å². The average molecular weight is 307 g/mol. The van der Waals surface area contributed by atoms with Gasteiger partial charge in [-0.05, 0) is 45.0 Å². The van der Waals surface area contributed by atoms with Crippen molar-refractivity contribution in [3.8, 4) is 0 Å². The summed E-state index contributed by atoms with van der Waals surface area (Å²) in [6.45, 7) is 7.88. The minimum absolute atomic E-state index is 0.0367. The number of rotatable bonds is 6. The molecule has 1 aromatic heterocycles. The summed E-state index contributed by atoms with van der Waals surface area (Å²) < 4.78 is 1.92. The van der Waals surface area contributed by atoms with E-state index in [-0.39, 0.29) is 11.3 Å². The molecule has 6 nitrogen and oxygen atoms in total. The molecule has 1 unspecified atom stereocenters. The summed E-state index contributed by atoms with van der Waals surface area (Å²) in [5.41, 5.74) is 0.542. The van der Waals surface area contributed by atoms with Crippen molar-refractivity contribution < 1.29 is 4.79 Å². The molecule has 22 heavy (non-hydrogen) atoms. The van der Waals surface area contributed by atoms with Gasteiger partial charge < -0.3 is 15.5 Å². The molecule has 6 heteroatoms. The molecule has 1 fully saturated rings. The highest BCUT2D eigenvalue weighted by molar-refractivity contribution is 5.92. The monoisotopic (exact) mass is 307 g/mol. The van der Waals surface area contributed by atoms with Crippen LogP contribution in [0, 0.1) is 5.41 Å². The zero-order valence-electron chi connectivity index (χ0n) is 14.2. The molecule has 1 amide bonds. The number of amides is 1. The molecule has 1 aliphatic rings. The minimum Gasteiger partial charge on any atom is -0.350 e. The van der Waals surface area contributed by atoms with Crippen LogP contribution in [0.3, 0.4) is 0 Å². The van der Waals surface area contributed by atoms with E-state index in [1.165, 1.54) is 0 Å².